The molecule has 2 rings (SSSR count). The number of ether oxygens (including phenoxy) is 1. The van der Waals surface area contributed by atoms with Crippen LogP contribution in [0.2, 0.25) is 0 Å². The number of carbonyl (C=O) groups is 1. The van der Waals surface area contributed by atoms with Crippen molar-refractivity contribution in [3.05, 3.63) is 41.7 Å². The van der Waals surface area contributed by atoms with Gasteiger partial charge in [0.25, 0.3) is 0 Å². The molecule has 1 aromatic heterocycles. The summed E-state index contributed by atoms with van der Waals surface area (Å²) in [4.78, 5) is 11.0. The molecule has 0 aliphatic rings. The quantitative estimate of drug-likeness (QED) is 0.797. The van der Waals surface area contributed by atoms with Gasteiger partial charge in [-0.2, -0.15) is 18.3 Å². The SMILES string of the molecule is COCCn1cc(-c2cc(C(F)(F)F)ccc2C=O)cn1. The number of halogens is 3. The topological polar surface area (TPSA) is 44.1 Å². The molecule has 0 aliphatic carbocycles. The molecule has 4 nitrogen and oxygen atoms in total. The zero-order chi connectivity index (χ0) is 15.5. The lowest BCUT2D eigenvalue weighted by Crippen LogP contribution is -2.05. The zero-order valence-corrected chi connectivity index (χ0v) is 11.2. The van der Waals surface area contributed by atoms with Gasteiger partial charge in [-0.25, -0.2) is 0 Å². The van der Waals surface area contributed by atoms with Crippen LogP contribution in [-0.4, -0.2) is 29.8 Å². The lowest BCUT2D eigenvalue weighted by molar-refractivity contribution is -0.137. The molecule has 21 heavy (non-hydrogen) atoms. The summed E-state index contributed by atoms with van der Waals surface area (Å²) >= 11 is 0. The average molecular weight is 298 g/mol. The summed E-state index contributed by atoms with van der Waals surface area (Å²) in [7, 11) is 1.54. The van der Waals surface area contributed by atoms with Gasteiger partial charge in [-0.3, -0.25) is 9.48 Å². The lowest BCUT2D eigenvalue weighted by atomic mass is 10.00. The van der Waals surface area contributed by atoms with E-state index >= 15 is 0 Å². The van der Waals surface area contributed by atoms with Crippen molar-refractivity contribution in [1.29, 1.82) is 0 Å². The number of methoxy groups -OCH3 is 1. The highest BCUT2D eigenvalue weighted by Crippen LogP contribution is 2.33. The lowest BCUT2D eigenvalue weighted by Gasteiger charge is -2.09. The molecular weight excluding hydrogens is 285 g/mol. The van der Waals surface area contributed by atoms with E-state index in [1.54, 1.807) is 18.0 Å². The number of rotatable bonds is 5. The number of hydrogen-bond donors (Lipinski definition) is 0. The molecule has 7 heteroatoms. The van der Waals surface area contributed by atoms with Gasteiger partial charge in [-0.1, -0.05) is 6.07 Å². The molecule has 0 saturated heterocycles. The Kier molecular flexibility index (Phi) is 4.42. The van der Waals surface area contributed by atoms with Gasteiger partial charge in [0, 0.05) is 24.4 Å². The monoisotopic (exact) mass is 298 g/mol. The van der Waals surface area contributed by atoms with Crippen molar-refractivity contribution >= 4 is 6.29 Å². The second-order valence-electron chi connectivity index (χ2n) is 4.40. The fourth-order valence-corrected chi connectivity index (χ4v) is 1.90. The van der Waals surface area contributed by atoms with Gasteiger partial charge in [0.15, 0.2) is 6.29 Å². The fraction of sp³-hybridized carbons (Fsp3) is 0.286. The van der Waals surface area contributed by atoms with Crippen LogP contribution in [0.5, 0.6) is 0 Å². The van der Waals surface area contributed by atoms with Crippen LogP contribution in [0, 0.1) is 0 Å². The van der Waals surface area contributed by atoms with Crippen LogP contribution in [0.4, 0.5) is 13.2 Å². The minimum Gasteiger partial charge on any atom is -0.383 e. The molecule has 0 saturated carbocycles. The van der Waals surface area contributed by atoms with Crippen LogP contribution >= 0.6 is 0 Å². The van der Waals surface area contributed by atoms with Crippen molar-refractivity contribution in [3.63, 3.8) is 0 Å². The number of aromatic nitrogens is 2. The fourth-order valence-electron chi connectivity index (χ4n) is 1.90. The highest BCUT2D eigenvalue weighted by molar-refractivity contribution is 5.87. The van der Waals surface area contributed by atoms with Gasteiger partial charge in [0.1, 0.15) is 0 Å². The summed E-state index contributed by atoms with van der Waals surface area (Å²) in [6.07, 6.45) is -0.913. The number of nitrogens with zero attached hydrogens (tertiary/aromatic N) is 2. The molecule has 0 unspecified atom stereocenters. The van der Waals surface area contributed by atoms with Crippen LogP contribution in [-0.2, 0) is 17.5 Å². The maximum atomic E-state index is 12.8. The molecule has 0 atom stereocenters. The van der Waals surface area contributed by atoms with E-state index in [9.17, 15) is 18.0 Å². The Bertz CT molecular complexity index is 635. The summed E-state index contributed by atoms with van der Waals surface area (Å²) in [5.41, 5.74) is 0.0600. The van der Waals surface area contributed by atoms with Crippen molar-refractivity contribution in [3.8, 4) is 11.1 Å². The van der Waals surface area contributed by atoms with Gasteiger partial charge in [-0.15, -0.1) is 0 Å². The van der Waals surface area contributed by atoms with E-state index in [0.29, 0.717) is 25.0 Å². The third-order valence-electron chi connectivity index (χ3n) is 2.98. The van der Waals surface area contributed by atoms with Crippen molar-refractivity contribution in [2.24, 2.45) is 0 Å². The second-order valence-corrected chi connectivity index (χ2v) is 4.40. The molecular formula is C14H13F3N2O2. The van der Waals surface area contributed by atoms with E-state index in [0.717, 1.165) is 18.2 Å². The summed E-state index contributed by atoms with van der Waals surface area (Å²) in [5, 5.41) is 4.04. The number of carbonyl (C=O) groups excluding carboxylic acids is 1. The highest BCUT2D eigenvalue weighted by Gasteiger charge is 2.31. The van der Waals surface area contributed by atoms with Crippen LogP contribution in [0.3, 0.4) is 0 Å². The second kappa shape index (κ2) is 6.09. The summed E-state index contributed by atoms with van der Waals surface area (Å²) in [6.45, 7) is 0.913. The van der Waals surface area contributed by atoms with E-state index in [1.165, 1.54) is 6.20 Å². The number of benzene rings is 1. The van der Waals surface area contributed by atoms with Crippen molar-refractivity contribution < 1.29 is 22.7 Å². The van der Waals surface area contributed by atoms with Crippen LogP contribution in [0.1, 0.15) is 15.9 Å². The van der Waals surface area contributed by atoms with E-state index in [-0.39, 0.29) is 11.1 Å². The molecule has 0 aliphatic heterocycles. The number of alkyl halides is 3. The Hall–Kier alpha value is -2.15. The molecule has 112 valence electrons. The van der Waals surface area contributed by atoms with E-state index in [2.05, 4.69) is 5.10 Å². The minimum atomic E-state index is -4.46. The summed E-state index contributed by atoms with van der Waals surface area (Å²) in [6, 6.07) is 3.02. The van der Waals surface area contributed by atoms with Gasteiger partial charge in [-0.05, 0) is 17.7 Å². The molecule has 0 bridgehead atoms. The molecule has 2 aromatic rings. The zero-order valence-electron chi connectivity index (χ0n) is 11.2. The third kappa shape index (κ3) is 3.49. The Morgan fingerprint density at radius 2 is 2.14 bits per heavy atom. The number of aldehydes is 1. The predicted molar refractivity (Wildman–Crippen MR) is 69.9 cm³/mol. The van der Waals surface area contributed by atoms with Crippen molar-refractivity contribution in [1.82, 2.24) is 9.78 Å². The molecule has 1 heterocycles. The standard InChI is InChI=1S/C14H13F3N2O2/c1-21-5-4-19-8-11(7-18-19)13-6-12(14(15,16)17)3-2-10(13)9-20/h2-3,6-9H,4-5H2,1H3. The first-order valence-electron chi connectivity index (χ1n) is 6.14. The molecule has 0 spiro atoms. The first-order valence-corrected chi connectivity index (χ1v) is 6.14. The molecule has 0 fully saturated rings. The van der Waals surface area contributed by atoms with Gasteiger partial charge in [0.05, 0.1) is 24.9 Å². The molecule has 0 radical (unpaired) electrons. The maximum absolute atomic E-state index is 12.8. The van der Waals surface area contributed by atoms with Gasteiger partial charge < -0.3 is 4.74 Å². The van der Waals surface area contributed by atoms with E-state index < -0.39 is 11.7 Å². The molecule has 0 amide bonds. The third-order valence-corrected chi connectivity index (χ3v) is 2.98. The smallest absolute Gasteiger partial charge is 0.383 e. The maximum Gasteiger partial charge on any atom is 0.416 e. The Morgan fingerprint density at radius 1 is 1.38 bits per heavy atom. The van der Waals surface area contributed by atoms with Crippen LogP contribution in [0.25, 0.3) is 11.1 Å². The van der Waals surface area contributed by atoms with E-state index in [4.69, 9.17) is 4.74 Å². The summed E-state index contributed by atoms with van der Waals surface area (Å²) in [5.74, 6) is 0. The first kappa shape index (κ1) is 15.2. The van der Waals surface area contributed by atoms with Crippen molar-refractivity contribution in [2.45, 2.75) is 12.7 Å². The summed E-state index contributed by atoms with van der Waals surface area (Å²) < 4.78 is 44.7. The molecule has 0 N–H and O–H groups in total. The highest BCUT2D eigenvalue weighted by atomic mass is 19.4. The van der Waals surface area contributed by atoms with Crippen LogP contribution < -0.4 is 0 Å². The first-order chi connectivity index (χ1) is 9.95. The van der Waals surface area contributed by atoms with Gasteiger partial charge in [0.2, 0.25) is 0 Å². The minimum absolute atomic E-state index is 0.189. The van der Waals surface area contributed by atoms with Crippen molar-refractivity contribution in [2.75, 3.05) is 13.7 Å². The largest absolute Gasteiger partial charge is 0.416 e. The van der Waals surface area contributed by atoms with Crippen LogP contribution in [0.15, 0.2) is 30.6 Å². The predicted octanol–water partition coefficient (Wildman–Crippen LogP) is 3.03. The average Bonchev–Trinajstić information content (AvgIpc) is 2.92. The number of hydrogen-bond acceptors (Lipinski definition) is 3. The molecule has 1 aromatic carbocycles. The Labute approximate surface area is 119 Å². The normalized spacial score (nSPS) is 11.6. The Morgan fingerprint density at radius 3 is 2.76 bits per heavy atom. The van der Waals surface area contributed by atoms with E-state index in [1.807, 2.05) is 0 Å². The van der Waals surface area contributed by atoms with Gasteiger partial charge >= 0.3 is 6.18 Å². The Balaban J connectivity index is 2.41.